The third-order valence-electron chi connectivity index (χ3n) is 4.25. The summed E-state index contributed by atoms with van der Waals surface area (Å²) in [5, 5.41) is 0. The fraction of sp³-hybridized carbons (Fsp3) is 0.562. The molecule has 1 heterocycles. The minimum Gasteiger partial charge on any atom is -0.479 e. The molecule has 0 radical (unpaired) electrons. The van der Waals surface area contributed by atoms with Crippen molar-refractivity contribution in [1.29, 1.82) is 0 Å². The summed E-state index contributed by atoms with van der Waals surface area (Å²) >= 11 is 0. The van der Waals surface area contributed by atoms with Crippen LogP contribution in [-0.2, 0) is 18.8 Å². The zero-order valence-electron chi connectivity index (χ0n) is 14.0. The van der Waals surface area contributed by atoms with Crippen LogP contribution in [0.2, 0.25) is 0 Å². The highest BCUT2D eigenvalue weighted by Gasteiger charge is 2.51. The Morgan fingerprint density at radius 1 is 1.09 bits per heavy atom. The fourth-order valence-electron chi connectivity index (χ4n) is 2.10. The standard InChI is InChI=1S/C16H23BO5/c1-11(14(18)19-6)20-13-9-7-12(8-10-13)17-21-15(2,3)16(4,5)22-17/h7-11H,1-6H3/t11-/m1/s1. The first kappa shape index (κ1) is 16.8. The van der Waals surface area contributed by atoms with Crippen LogP contribution < -0.4 is 10.2 Å². The molecule has 1 aromatic rings. The van der Waals surface area contributed by atoms with Gasteiger partial charge in [-0.1, -0.05) is 12.1 Å². The Hall–Kier alpha value is -1.53. The van der Waals surface area contributed by atoms with Crippen molar-refractivity contribution in [3.63, 3.8) is 0 Å². The van der Waals surface area contributed by atoms with Gasteiger partial charge in [0.1, 0.15) is 5.75 Å². The largest absolute Gasteiger partial charge is 0.494 e. The highest BCUT2D eigenvalue weighted by atomic mass is 16.7. The topological polar surface area (TPSA) is 54.0 Å². The summed E-state index contributed by atoms with van der Waals surface area (Å²) in [5.74, 6) is 0.188. The summed E-state index contributed by atoms with van der Waals surface area (Å²) in [5.41, 5.74) is 0.176. The van der Waals surface area contributed by atoms with Crippen molar-refractivity contribution >= 4 is 18.6 Å². The third-order valence-corrected chi connectivity index (χ3v) is 4.25. The van der Waals surface area contributed by atoms with E-state index in [1.165, 1.54) is 7.11 Å². The van der Waals surface area contributed by atoms with E-state index in [9.17, 15) is 4.79 Å². The summed E-state index contributed by atoms with van der Waals surface area (Å²) in [4.78, 5) is 11.3. The molecule has 120 valence electrons. The molecule has 0 aliphatic carbocycles. The molecule has 1 aromatic carbocycles. The van der Waals surface area contributed by atoms with E-state index in [0.717, 1.165) is 5.46 Å². The number of hydrogen-bond donors (Lipinski definition) is 0. The molecule has 0 saturated carbocycles. The van der Waals surface area contributed by atoms with Crippen LogP contribution in [0.5, 0.6) is 5.75 Å². The smallest absolute Gasteiger partial charge is 0.479 e. The van der Waals surface area contributed by atoms with Crippen LogP contribution >= 0.6 is 0 Å². The summed E-state index contributed by atoms with van der Waals surface area (Å²) in [6.07, 6.45) is -0.646. The van der Waals surface area contributed by atoms with Gasteiger partial charge in [0.15, 0.2) is 6.10 Å². The van der Waals surface area contributed by atoms with Gasteiger partial charge in [-0.2, -0.15) is 0 Å². The molecule has 1 aliphatic heterocycles. The van der Waals surface area contributed by atoms with Gasteiger partial charge in [0.05, 0.1) is 18.3 Å². The molecule has 0 aromatic heterocycles. The lowest BCUT2D eigenvalue weighted by molar-refractivity contribution is -0.147. The van der Waals surface area contributed by atoms with Gasteiger partial charge in [-0.15, -0.1) is 0 Å². The Bertz CT molecular complexity index is 522. The average molecular weight is 306 g/mol. The molecule has 0 unspecified atom stereocenters. The van der Waals surface area contributed by atoms with Crippen molar-refractivity contribution in [3.8, 4) is 5.75 Å². The highest BCUT2D eigenvalue weighted by molar-refractivity contribution is 6.62. The van der Waals surface area contributed by atoms with Crippen LogP contribution in [0.3, 0.4) is 0 Å². The van der Waals surface area contributed by atoms with Gasteiger partial charge in [0.25, 0.3) is 0 Å². The number of esters is 1. The zero-order valence-corrected chi connectivity index (χ0v) is 14.0. The Labute approximate surface area is 132 Å². The first-order chi connectivity index (χ1) is 10.2. The SMILES string of the molecule is COC(=O)[C@@H](C)Oc1ccc(B2OC(C)(C)C(C)(C)O2)cc1. The average Bonchev–Trinajstić information content (AvgIpc) is 2.67. The predicted octanol–water partition coefficient (Wildman–Crippen LogP) is 1.93. The van der Waals surface area contributed by atoms with Crippen LogP contribution in [0.25, 0.3) is 0 Å². The Kier molecular flexibility index (Phi) is 4.54. The van der Waals surface area contributed by atoms with Crippen molar-refractivity contribution in [2.45, 2.75) is 51.9 Å². The maximum absolute atomic E-state index is 11.3. The van der Waals surface area contributed by atoms with E-state index in [4.69, 9.17) is 14.0 Å². The second-order valence-electron chi connectivity index (χ2n) is 6.44. The van der Waals surface area contributed by atoms with Gasteiger partial charge in [0.2, 0.25) is 0 Å². The fourth-order valence-corrected chi connectivity index (χ4v) is 2.10. The number of rotatable bonds is 4. The summed E-state index contributed by atoms with van der Waals surface area (Å²) in [6, 6.07) is 7.34. The van der Waals surface area contributed by atoms with Crippen molar-refractivity contribution in [2.24, 2.45) is 0 Å². The zero-order chi connectivity index (χ0) is 16.5. The molecule has 0 bridgehead atoms. The summed E-state index contributed by atoms with van der Waals surface area (Å²) in [6.45, 7) is 9.71. The van der Waals surface area contributed by atoms with E-state index in [2.05, 4.69) is 4.74 Å². The minimum absolute atomic E-state index is 0.369. The van der Waals surface area contributed by atoms with E-state index < -0.39 is 19.2 Å². The first-order valence-electron chi connectivity index (χ1n) is 7.36. The summed E-state index contributed by atoms with van der Waals surface area (Å²) < 4.78 is 22.1. The van der Waals surface area contributed by atoms with Crippen molar-refractivity contribution < 1.29 is 23.6 Å². The Morgan fingerprint density at radius 2 is 1.59 bits per heavy atom. The second-order valence-corrected chi connectivity index (χ2v) is 6.44. The molecule has 1 atom stereocenters. The van der Waals surface area contributed by atoms with Crippen LogP contribution in [0.15, 0.2) is 24.3 Å². The predicted molar refractivity (Wildman–Crippen MR) is 84.3 cm³/mol. The van der Waals surface area contributed by atoms with Crippen molar-refractivity contribution in [3.05, 3.63) is 24.3 Å². The Balaban J connectivity index is 2.06. The van der Waals surface area contributed by atoms with Gasteiger partial charge in [-0.3, -0.25) is 0 Å². The van der Waals surface area contributed by atoms with Crippen LogP contribution in [-0.4, -0.2) is 37.5 Å². The normalized spacial score (nSPS) is 20.5. The van der Waals surface area contributed by atoms with Crippen LogP contribution in [0.1, 0.15) is 34.6 Å². The van der Waals surface area contributed by atoms with Crippen molar-refractivity contribution in [2.75, 3.05) is 7.11 Å². The monoisotopic (exact) mass is 306 g/mol. The highest BCUT2D eigenvalue weighted by Crippen LogP contribution is 2.36. The van der Waals surface area contributed by atoms with Gasteiger partial charge >= 0.3 is 13.1 Å². The molecule has 22 heavy (non-hydrogen) atoms. The van der Waals surface area contributed by atoms with Gasteiger partial charge < -0.3 is 18.8 Å². The number of carbonyl (C=O) groups is 1. The lowest BCUT2D eigenvalue weighted by atomic mass is 9.79. The van der Waals surface area contributed by atoms with E-state index >= 15 is 0 Å². The Morgan fingerprint density at radius 3 is 2.05 bits per heavy atom. The van der Waals surface area contributed by atoms with E-state index in [1.807, 2.05) is 39.8 Å². The molecule has 1 fully saturated rings. The molecule has 6 heteroatoms. The molecule has 0 spiro atoms. The van der Waals surface area contributed by atoms with Gasteiger partial charge in [0, 0.05) is 0 Å². The molecule has 0 amide bonds. The molecule has 0 N–H and O–H groups in total. The van der Waals surface area contributed by atoms with E-state index in [1.54, 1.807) is 19.1 Å². The molecule has 1 saturated heterocycles. The van der Waals surface area contributed by atoms with E-state index in [-0.39, 0.29) is 11.2 Å². The molecule has 1 aliphatic rings. The number of carbonyl (C=O) groups excluding carboxylic acids is 1. The quantitative estimate of drug-likeness (QED) is 0.628. The van der Waals surface area contributed by atoms with Crippen LogP contribution in [0.4, 0.5) is 0 Å². The minimum atomic E-state index is -0.646. The number of methoxy groups -OCH3 is 1. The molecular weight excluding hydrogens is 283 g/mol. The number of hydrogen-bond acceptors (Lipinski definition) is 5. The summed E-state index contributed by atoms with van der Waals surface area (Å²) in [7, 11) is 0.931. The van der Waals surface area contributed by atoms with Crippen LogP contribution in [0, 0.1) is 0 Å². The molecular formula is C16H23BO5. The molecule has 5 nitrogen and oxygen atoms in total. The number of ether oxygens (including phenoxy) is 2. The maximum Gasteiger partial charge on any atom is 0.494 e. The lowest BCUT2D eigenvalue weighted by Gasteiger charge is -2.32. The van der Waals surface area contributed by atoms with Gasteiger partial charge in [-0.05, 0) is 52.2 Å². The van der Waals surface area contributed by atoms with Crippen molar-refractivity contribution in [1.82, 2.24) is 0 Å². The first-order valence-corrected chi connectivity index (χ1v) is 7.36. The second kappa shape index (κ2) is 5.93. The maximum atomic E-state index is 11.3. The third kappa shape index (κ3) is 3.28. The number of benzene rings is 1. The molecule has 2 rings (SSSR count). The van der Waals surface area contributed by atoms with E-state index in [0.29, 0.717) is 5.75 Å². The lowest BCUT2D eigenvalue weighted by Crippen LogP contribution is -2.41. The van der Waals surface area contributed by atoms with Gasteiger partial charge in [-0.25, -0.2) is 4.79 Å².